The van der Waals surface area contributed by atoms with Crippen LogP contribution in [0.5, 0.6) is 0 Å². The second-order valence-electron chi connectivity index (χ2n) is 8.63. The molecule has 14 nitrogen and oxygen atoms in total. The van der Waals surface area contributed by atoms with Crippen molar-refractivity contribution in [3.05, 3.63) is 66.8 Å². The Morgan fingerprint density at radius 3 is 2.05 bits per heavy atom. The molecule has 1 atom stereocenters. The zero-order valence-corrected chi connectivity index (χ0v) is 23.0. The summed E-state index contributed by atoms with van der Waals surface area (Å²) in [6.45, 7) is 9.43. The number of nitrogens with zero attached hydrogens (tertiary/aromatic N) is 5. The molecule has 14 heteroatoms. The highest BCUT2D eigenvalue weighted by Crippen LogP contribution is 2.18. The number of hydrazine groups is 1. The van der Waals surface area contributed by atoms with Gasteiger partial charge in [-0.1, -0.05) is 32.9 Å². The van der Waals surface area contributed by atoms with Gasteiger partial charge in [-0.25, -0.2) is 24.4 Å². The summed E-state index contributed by atoms with van der Waals surface area (Å²) in [6.07, 6.45) is 2.69. The molecule has 0 saturated carbocycles. The molecule has 0 aliphatic heterocycles. The van der Waals surface area contributed by atoms with E-state index in [9.17, 15) is 19.7 Å². The lowest BCUT2D eigenvalue weighted by Crippen LogP contribution is -2.50. The number of hydrogen-bond acceptors (Lipinski definition) is 9. The minimum Gasteiger partial charge on any atom is -0.473 e. The number of nitrogens with one attached hydrogen (secondary N) is 1. The fourth-order valence-corrected chi connectivity index (χ4v) is 4.02. The Bertz CT molecular complexity index is 1210. The number of aryl methyl sites for hydroxylation is 1. The molecular formula is C25H38N6O8. The summed E-state index contributed by atoms with van der Waals surface area (Å²) in [5, 5.41) is 33.6. The maximum atomic E-state index is 12.2. The van der Waals surface area contributed by atoms with Gasteiger partial charge >= 0.3 is 17.6 Å². The van der Waals surface area contributed by atoms with Gasteiger partial charge in [-0.2, -0.15) is 0 Å². The molecule has 0 saturated heterocycles. The van der Waals surface area contributed by atoms with E-state index >= 15 is 0 Å². The van der Waals surface area contributed by atoms with E-state index in [0.29, 0.717) is 18.9 Å². The van der Waals surface area contributed by atoms with Crippen molar-refractivity contribution in [2.45, 2.75) is 46.1 Å². The number of benzene rings is 1. The molecule has 1 unspecified atom stereocenters. The van der Waals surface area contributed by atoms with Crippen molar-refractivity contribution in [2.75, 3.05) is 31.5 Å². The van der Waals surface area contributed by atoms with Crippen LogP contribution in [-0.4, -0.2) is 78.4 Å². The fraction of sp³-hybridized carbons (Fsp3) is 0.520. The average molecular weight is 551 g/mol. The molecule has 0 bridgehead atoms. The number of anilines is 1. The fourth-order valence-electron chi connectivity index (χ4n) is 4.02. The predicted octanol–water partition coefficient (Wildman–Crippen LogP) is 1.53. The first-order chi connectivity index (χ1) is 18.4. The number of aromatic nitrogens is 2. The van der Waals surface area contributed by atoms with Crippen LogP contribution in [-0.2, 0) is 30.1 Å². The lowest BCUT2D eigenvalue weighted by atomic mass is 10.0. The Morgan fingerprint density at radius 2 is 1.59 bits per heavy atom. The number of aliphatic carboxylic acids is 2. The highest BCUT2D eigenvalue weighted by molar-refractivity contribution is 6.27. The van der Waals surface area contributed by atoms with E-state index in [4.69, 9.17) is 19.8 Å². The molecule has 216 valence electrons. The van der Waals surface area contributed by atoms with Gasteiger partial charge in [0.05, 0.1) is 4.92 Å². The molecule has 3 N–H and O–H groups in total. The Labute approximate surface area is 226 Å². The maximum absolute atomic E-state index is 12.2. The number of carboxylic acids is 2. The second kappa shape index (κ2) is 16.0. The Kier molecular flexibility index (Phi) is 13.6. The van der Waals surface area contributed by atoms with Gasteiger partial charge in [-0.05, 0) is 24.8 Å². The van der Waals surface area contributed by atoms with Crippen LogP contribution in [0.3, 0.4) is 0 Å². The maximum Gasteiger partial charge on any atom is 0.414 e. The van der Waals surface area contributed by atoms with Crippen molar-refractivity contribution in [3.8, 4) is 0 Å². The lowest BCUT2D eigenvalue weighted by molar-refractivity contribution is -0.384. The number of carbonyl (C=O) groups is 2. The summed E-state index contributed by atoms with van der Waals surface area (Å²) < 4.78 is 2.52. The number of nitro benzene ring substituents is 1. The molecule has 0 amide bonds. The Balaban J connectivity index is 0.00000113. The van der Waals surface area contributed by atoms with E-state index in [1.54, 1.807) is 19.2 Å². The van der Waals surface area contributed by atoms with Crippen LogP contribution in [0.15, 0.2) is 39.9 Å². The molecule has 1 aromatic heterocycles. The Morgan fingerprint density at radius 1 is 1.03 bits per heavy atom. The summed E-state index contributed by atoms with van der Waals surface area (Å²) in [4.78, 5) is 52.9. The van der Waals surface area contributed by atoms with Crippen molar-refractivity contribution >= 4 is 23.4 Å². The van der Waals surface area contributed by atoms with Gasteiger partial charge in [0.2, 0.25) is 0 Å². The van der Waals surface area contributed by atoms with Crippen molar-refractivity contribution in [3.63, 3.8) is 0 Å². The number of nitro groups is 1. The molecular weight excluding hydrogens is 512 g/mol. The van der Waals surface area contributed by atoms with Crippen LogP contribution in [0.2, 0.25) is 0 Å². The molecule has 1 heterocycles. The van der Waals surface area contributed by atoms with Crippen LogP contribution in [0, 0.1) is 10.1 Å². The molecule has 1 aromatic carbocycles. The van der Waals surface area contributed by atoms with E-state index in [0.717, 1.165) is 42.5 Å². The van der Waals surface area contributed by atoms with Crippen LogP contribution in [0.25, 0.3) is 0 Å². The van der Waals surface area contributed by atoms with E-state index < -0.39 is 11.9 Å². The van der Waals surface area contributed by atoms with Gasteiger partial charge in [0, 0.05) is 64.5 Å². The third-order valence-corrected chi connectivity index (χ3v) is 6.26. The van der Waals surface area contributed by atoms with E-state index in [2.05, 4.69) is 36.1 Å². The number of carboxylic acid groups (broad SMARTS) is 2. The molecule has 0 aliphatic rings. The molecule has 2 aromatic rings. The third kappa shape index (κ3) is 9.98. The number of rotatable bonds is 13. The van der Waals surface area contributed by atoms with Crippen LogP contribution in [0.1, 0.15) is 39.2 Å². The topological polar surface area (TPSA) is 180 Å². The summed E-state index contributed by atoms with van der Waals surface area (Å²) in [5.74, 6) is -3.15. The van der Waals surface area contributed by atoms with Gasteiger partial charge in [-0.3, -0.25) is 24.0 Å². The van der Waals surface area contributed by atoms with Crippen molar-refractivity contribution < 1.29 is 24.7 Å². The first kappa shape index (κ1) is 33.0. The predicted molar refractivity (Wildman–Crippen MR) is 146 cm³/mol. The second-order valence-corrected chi connectivity index (χ2v) is 8.63. The van der Waals surface area contributed by atoms with Crippen molar-refractivity contribution in [2.24, 2.45) is 14.1 Å². The van der Waals surface area contributed by atoms with Crippen molar-refractivity contribution in [1.29, 1.82) is 0 Å². The largest absolute Gasteiger partial charge is 0.473 e. The van der Waals surface area contributed by atoms with E-state index in [-0.39, 0.29) is 27.9 Å². The summed E-state index contributed by atoms with van der Waals surface area (Å²) in [6, 6.07) is 8.48. The highest BCUT2D eigenvalue weighted by Gasteiger charge is 2.21. The van der Waals surface area contributed by atoms with Gasteiger partial charge in [-0.15, -0.1) is 0 Å². The molecule has 39 heavy (non-hydrogen) atoms. The van der Waals surface area contributed by atoms with Gasteiger partial charge in [0.25, 0.3) is 11.2 Å². The monoisotopic (exact) mass is 550 g/mol. The van der Waals surface area contributed by atoms with Crippen LogP contribution >= 0.6 is 0 Å². The average Bonchev–Trinajstić information content (AvgIpc) is 2.91. The Hall–Kier alpha value is -4.04. The van der Waals surface area contributed by atoms with E-state index in [1.807, 2.05) is 12.1 Å². The molecule has 0 fully saturated rings. The zero-order valence-electron chi connectivity index (χ0n) is 23.0. The normalized spacial score (nSPS) is 11.6. The first-order valence-electron chi connectivity index (χ1n) is 12.6. The third-order valence-electron chi connectivity index (χ3n) is 6.26. The molecule has 0 spiro atoms. The van der Waals surface area contributed by atoms with Gasteiger partial charge < -0.3 is 15.5 Å². The van der Waals surface area contributed by atoms with Crippen molar-refractivity contribution in [1.82, 2.24) is 19.2 Å². The standard InChI is InChI=1S/C23H36N6O4.C2H2O4/c1-6-19(12-9-18-10-13-20(14-11-18)29(32)33)28(27(7-2)8-3)16-15-24-21-17-22(30)26(5)23(31)25(21)4;3-1(4)2(5)6/h10-11,13-14,17,19,24H,6-9,12,15-16H2,1-5H3;(H,3,4)(H,5,6). The highest BCUT2D eigenvalue weighted by atomic mass is 16.6. The first-order valence-corrected chi connectivity index (χ1v) is 12.6. The van der Waals surface area contributed by atoms with Crippen LogP contribution in [0.4, 0.5) is 11.5 Å². The number of hydrogen-bond donors (Lipinski definition) is 3. The zero-order chi connectivity index (χ0) is 29.7. The smallest absolute Gasteiger partial charge is 0.414 e. The number of non-ortho nitro benzene ring substituents is 1. The lowest BCUT2D eigenvalue weighted by Gasteiger charge is -2.39. The quantitative estimate of drug-likeness (QED) is 0.187. The molecule has 0 aliphatic carbocycles. The van der Waals surface area contributed by atoms with Gasteiger partial charge in [0.15, 0.2) is 0 Å². The molecule has 2 rings (SSSR count). The summed E-state index contributed by atoms with van der Waals surface area (Å²) in [5.41, 5.74) is 0.481. The summed E-state index contributed by atoms with van der Waals surface area (Å²) in [7, 11) is 3.11. The molecule has 0 radical (unpaired) electrons. The van der Waals surface area contributed by atoms with Gasteiger partial charge in [0.1, 0.15) is 5.82 Å². The van der Waals surface area contributed by atoms with E-state index in [1.165, 1.54) is 17.7 Å². The van der Waals surface area contributed by atoms with Crippen LogP contribution < -0.4 is 16.6 Å². The summed E-state index contributed by atoms with van der Waals surface area (Å²) >= 11 is 0. The minimum atomic E-state index is -1.82. The SMILES string of the molecule is CCC(CCc1ccc([N+](=O)[O-])cc1)N(CCNc1cc(=O)n(C)c(=O)n1C)N(CC)CC.O=C(O)C(=O)O. The minimum absolute atomic E-state index is 0.103.